The number of rotatable bonds is 13. The zero-order chi connectivity index (χ0) is 33.0. The number of carbonyl (C=O) groups excluding carboxylic acids is 3. The van der Waals surface area contributed by atoms with Gasteiger partial charge in [-0.2, -0.15) is 0 Å². The number of methoxy groups -OCH3 is 1. The van der Waals surface area contributed by atoms with Gasteiger partial charge in [-0.3, -0.25) is 4.79 Å². The third kappa shape index (κ3) is 11.8. The van der Waals surface area contributed by atoms with Crippen molar-refractivity contribution in [3.05, 3.63) is 69.7 Å². The molecule has 0 aromatic heterocycles. The molecule has 0 aliphatic carbocycles. The summed E-state index contributed by atoms with van der Waals surface area (Å²) in [5.41, 5.74) is 1.53. The maximum absolute atomic E-state index is 13.6. The van der Waals surface area contributed by atoms with Gasteiger partial charge in [0, 0.05) is 43.9 Å². The van der Waals surface area contributed by atoms with Gasteiger partial charge in [-0.15, -0.1) is 0 Å². The largest absolute Gasteiger partial charge is 0.453 e. The molecular weight excluding hydrogens is 602 g/mol. The van der Waals surface area contributed by atoms with Gasteiger partial charge in [-0.05, 0) is 86.9 Å². The Morgan fingerprint density at radius 2 is 1.91 bits per heavy atom. The highest BCUT2D eigenvalue weighted by Crippen LogP contribution is 2.30. The van der Waals surface area contributed by atoms with E-state index >= 15 is 0 Å². The molecule has 248 valence electrons. The smallest absolute Gasteiger partial charge is 0.410 e. The minimum atomic E-state index is -0.662. The highest BCUT2D eigenvalue weighted by atomic mass is 35.5. The van der Waals surface area contributed by atoms with Crippen LogP contribution in [0.15, 0.2) is 42.5 Å². The Labute approximate surface area is 270 Å². The molecule has 0 radical (unpaired) electrons. The second-order valence-electron chi connectivity index (χ2n) is 12.1. The molecule has 12 heteroatoms. The number of carbonyl (C=O) groups is 3. The predicted octanol–water partition coefficient (Wildman–Crippen LogP) is 5.08. The number of likely N-dealkylation sites (N-methyl/N-ethyl adjacent to an activating group) is 1. The predicted molar refractivity (Wildman–Crippen MR) is 170 cm³/mol. The first-order chi connectivity index (χ1) is 21.4. The number of aliphatic hydroxyl groups is 1. The van der Waals surface area contributed by atoms with Crippen molar-refractivity contribution in [3.8, 4) is 0 Å². The van der Waals surface area contributed by atoms with Gasteiger partial charge in [-0.25, -0.2) is 9.59 Å². The van der Waals surface area contributed by atoms with Crippen molar-refractivity contribution in [2.45, 2.75) is 64.4 Å². The Morgan fingerprint density at radius 3 is 2.56 bits per heavy atom. The van der Waals surface area contributed by atoms with E-state index in [0.29, 0.717) is 34.7 Å². The molecule has 3 amide bonds. The van der Waals surface area contributed by atoms with Gasteiger partial charge in [0.25, 0.3) is 5.91 Å². The minimum Gasteiger partial charge on any atom is -0.453 e. The SMILES string of the molecule is COC(=O)NCCOC(c1cccc(Cl)c1)c1cc(CO)cc(C(=O)NCC(C[C@H]2CCCOC2)N(C)C(=O)OC(C)(C)C)c1. The van der Waals surface area contributed by atoms with Crippen LogP contribution in [0.1, 0.15) is 73.2 Å². The lowest BCUT2D eigenvalue weighted by atomic mass is 9.93. The van der Waals surface area contributed by atoms with Crippen molar-refractivity contribution in [2.24, 2.45) is 5.92 Å². The first-order valence-electron chi connectivity index (χ1n) is 15.2. The van der Waals surface area contributed by atoms with Crippen LogP contribution in [0, 0.1) is 5.92 Å². The third-order valence-electron chi connectivity index (χ3n) is 7.34. The summed E-state index contributed by atoms with van der Waals surface area (Å²) < 4.78 is 22.1. The second kappa shape index (κ2) is 17.4. The molecule has 1 aliphatic heterocycles. The van der Waals surface area contributed by atoms with E-state index in [1.165, 1.54) is 7.11 Å². The summed E-state index contributed by atoms with van der Waals surface area (Å²) in [5.74, 6) is -0.120. The molecule has 1 heterocycles. The molecule has 2 aromatic carbocycles. The highest BCUT2D eigenvalue weighted by Gasteiger charge is 2.29. The topological polar surface area (TPSA) is 136 Å². The van der Waals surface area contributed by atoms with E-state index in [0.717, 1.165) is 25.0 Å². The minimum absolute atomic E-state index is 0.140. The zero-order valence-corrected chi connectivity index (χ0v) is 27.5. The van der Waals surface area contributed by atoms with E-state index in [4.69, 9.17) is 25.8 Å². The Morgan fingerprint density at radius 1 is 1.13 bits per heavy atom. The van der Waals surface area contributed by atoms with Gasteiger partial charge in [0.2, 0.25) is 0 Å². The van der Waals surface area contributed by atoms with Gasteiger partial charge in [0.15, 0.2) is 0 Å². The fraction of sp³-hybridized carbons (Fsp3) is 0.545. The maximum atomic E-state index is 13.6. The molecule has 1 fully saturated rings. The van der Waals surface area contributed by atoms with E-state index in [2.05, 4.69) is 15.4 Å². The van der Waals surface area contributed by atoms with E-state index in [1.54, 1.807) is 48.3 Å². The van der Waals surface area contributed by atoms with Crippen LogP contribution in [-0.2, 0) is 25.6 Å². The summed E-state index contributed by atoms with van der Waals surface area (Å²) in [5, 5.41) is 16.1. The van der Waals surface area contributed by atoms with Crippen LogP contribution in [0.25, 0.3) is 0 Å². The van der Waals surface area contributed by atoms with Crippen LogP contribution in [0.5, 0.6) is 0 Å². The first-order valence-corrected chi connectivity index (χ1v) is 15.5. The summed E-state index contributed by atoms with van der Waals surface area (Å²) in [6.45, 7) is 6.99. The average molecular weight is 648 g/mol. The Hall–Kier alpha value is -3.38. The summed E-state index contributed by atoms with van der Waals surface area (Å²) in [6, 6.07) is 11.9. The fourth-order valence-electron chi connectivity index (χ4n) is 5.10. The molecule has 1 saturated heterocycles. The first kappa shape index (κ1) is 36.1. The van der Waals surface area contributed by atoms with Crippen molar-refractivity contribution in [1.29, 1.82) is 0 Å². The van der Waals surface area contributed by atoms with Crippen molar-refractivity contribution in [1.82, 2.24) is 15.5 Å². The van der Waals surface area contributed by atoms with Gasteiger partial charge in [0.05, 0.1) is 26.4 Å². The number of ether oxygens (including phenoxy) is 4. The lowest BCUT2D eigenvalue weighted by molar-refractivity contribution is 0.0112. The van der Waals surface area contributed by atoms with Crippen molar-refractivity contribution >= 4 is 29.7 Å². The highest BCUT2D eigenvalue weighted by molar-refractivity contribution is 6.30. The number of hydrogen-bond acceptors (Lipinski definition) is 8. The van der Waals surface area contributed by atoms with Crippen molar-refractivity contribution in [2.75, 3.05) is 47.1 Å². The fourth-order valence-corrected chi connectivity index (χ4v) is 5.30. The quantitative estimate of drug-likeness (QED) is 0.256. The van der Waals surface area contributed by atoms with E-state index in [1.807, 2.05) is 26.8 Å². The number of benzene rings is 2. The molecular formula is C33H46ClN3O8. The number of alkyl carbamates (subject to hydrolysis) is 1. The average Bonchev–Trinajstić information content (AvgIpc) is 3.01. The van der Waals surface area contributed by atoms with Crippen LogP contribution in [0.2, 0.25) is 5.02 Å². The zero-order valence-electron chi connectivity index (χ0n) is 26.8. The molecule has 0 saturated carbocycles. The van der Waals surface area contributed by atoms with Gasteiger partial charge in [0.1, 0.15) is 11.7 Å². The van der Waals surface area contributed by atoms with Crippen LogP contribution < -0.4 is 10.6 Å². The monoisotopic (exact) mass is 647 g/mol. The second-order valence-corrected chi connectivity index (χ2v) is 12.6. The Bertz CT molecular complexity index is 1280. The molecule has 0 bridgehead atoms. The number of aliphatic hydroxyl groups excluding tert-OH is 1. The van der Waals surface area contributed by atoms with Gasteiger partial charge < -0.3 is 39.6 Å². The summed E-state index contributed by atoms with van der Waals surface area (Å²) in [6.07, 6.45) is 0.873. The van der Waals surface area contributed by atoms with Gasteiger partial charge in [-0.1, -0.05) is 29.8 Å². The summed E-state index contributed by atoms with van der Waals surface area (Å²) in [4.78, 5) is 39.6. The van der Waals surface area contributed by atoms with Crippen LogP contribution in [-0.4, -0.2) is 86.8 Å². The molecule has 45 heavy (non-hydrogen) atoms. The van der Waals surface area contributed by atoms with Crippen LogP contribution >= 0.6 is 11.6 Å². The van der Waals surface area contributed by atoms with Crippen LogP contribution in [0.4, 0.5) is 9.59 Å². The number of hydrogen-bond donors (Lipinski definition) is 3. The molecule has 1 aliphatic rings. The van der Waals surface area contributed by atoms with Crippen molar-refractivity contribution in [3.63, 3.8) is 0 Å². The molecule has 2 aromatic rings. The molecule has 3 N–H and O–H groups in total. The lowest BCUT2D eigenvalue weighted by Gasteiger charge is -2.34. The number of halogens is 1. The summed E-state index contributed by atoms with van der Waals surface area (Å²) in [7, 11) is 2.96. The molecule has 3 rings (SSSR count). The molecule has 3 atom stereocenters. The lowest BCUT2D eigenvalue weighted by Crippen LogP contribution is -2.48. The Balaban J connectivity index is 1.83. The van der Waals surface area contributed by atoms with E-state index in [-0.39, 0.29) is 44.2 Å². The number of amides is 3. The van der Waals surface area contributed by atoms with Gasteiger partial charge >= 0.3 is 12.2 Å². The van der Waals surface area contributed by atoms with Crippen molar-refractivity contribution < 1.29 is 38.4 Å². The van der Waals surface area contributed by atoms with E-state index in [9.17, 15) is 19.5 Å². The Kier molecular flexibility index (Phi) is 13.9. The number of nitrogens with one attached hydrogen (secondary N) is 2. The molecule has 2 unspecified atom stereocenters. The van der Waals surface area contributed by atoms with E-state index < -0.39 is 23.9 Å². The van der Waals surface area contributed by atoms with Crippen LogP contribution in [0.3, 0.4) is 0 Å². The third-order valence-corrected chi connectivity index (χ3v) is 7.58. The number of nitrogens with zero attached hydrogens (tertiary/aromatic N) is 1. The normalized spacial score (nSPS) is 16.3. The standard InChI is InChI=1S/C33H46ClN3O8/c1-33(2,3)45-32(41)37(4)28(16-22-8-7-12-43-21-22)19-36-30(39)26-15-23(20-38)14-25(17-26)29(24-9-6-10-27(34)18-24)44-13-11-35-31(40)42-5/h6,9-10,14-15,17-18,22,28-29,38H,7-8,11-13,16,19-21H2,1-5H3,(H,35,40)(H,36,39)/t22-,28?,29?/m1/s1. The molecule has 0 spiro atoms. The molecule has 11 nitrogen and oxygen atoms in total. The maximum Gasteiger partial charge on any atom is 0.410 e. The summed E-state index contributed by atoms with van der Waals surface area (Å²) >= 11 is 6.28.